The zero-order valence-electron chi connectivity index (χ0n) is 16.2. The molecule has 0 saturated carbocycles. The van der Waals surface area contributed by atoms with Gasteiger partial charge in [0.2, 0.25) is 6.79 Å². The van der Waals surface area contributed by atoms with E-state index in [1.165, 1.54) is 13.2 Å². The molecule has 1 aliphatic rings. The summed E-state index contributed by atoms with van der Waals surface area (Å²) in [5.74, 6) is 1.31. The number of para-hydroxylation sites is 1. The molecule has 2 aromatic heterocycles. The Morgan fingerprint density at radius 3 is 2.84 bits per heavy atom. The minimum Gasteiger partial charge on any atom is -0.493 e. The van der Waals surface area contributed by atoms with Crippen molar-refractivity contribution >= 4 is 16.9 Å². The normalized spacial score (nSPS) is 12.2. The van der Waals surface area contributed by atoms with Crippen LogP contribution in [0.25, 0.3) is 22.3 Å². The summed E-state index contributed by atoms with van der Waals surface area (Å²) in [6.07, 6.45) is 0. The van der Waals surface area contributed by atoms with Crippen LogP contribution in [0.2, 0.25) is 0 Å². The first kappa shape index (κ1) is 18.7. The maximum absolute atomic E-state index is 12.4. The van der Waals surface area contributed by atoms with E-state index >= 15 is 0 Å². The molecule has 156 valence electrons. The minimum absolute atomic E-state index is 0.173. The number of benzene rings is 2. The molecule has 0 N–H and O–H groups in total. The third-order valence-corrected chi connectivity index (χ3v) is 4.73. The Morgan fingerprint density at radius 2 is 1.97 bits per heavy atom. The van der Waals surface area contributed by atoms with Gasteiger partial charge in [-0.05, 0) is 30.3 Å². The highest BCUT2D eigenvalue weighted by Gasteiger charge is 2.19. The summed E-state index contributed by atoms with van der Waals surface area (Å²) in [4.78, 5) is 24.7. The average molecular weight is 421 g/mol. The van der Waals surface area contributed by atoms with Crippen molar-refractivity contribution in [1.29, 1.82) is 0 Å². The van der Waals surface area contributed by atoms with Crippen LogP contribution in [-0.2, 0) is 11.3 Å². The highest BCUT2D eigenvalue weighted by Crippen LogP contribution is 2.36. The van der Waals surface area contributed by atoms with Gasteiger partial charge in [-0.1, -0.05) is 17.3 Å². The fourth-order valence-electron chi connectivity index (χ4n) is 3.20. The molecule has 4 aromatic rings. The summed E-state index contributed by atoms with van der Waals surface area (Å²) in [6.45, 7) is -0.00555. The Morgan fingerprint density at radius 1 is 1.10 bits per heavy atom. The molecule has 0 radical (unpaired) electrons. The number of nitrogens with zero attached hydrogens (tertiary/aromatic N) is 1. The zero-order valence-corrected chi connectivity index (χ0v) is 16.2. The van der Waals surface area contributed by atoms with Crippen LogP contribution in [0, 0.1) is 0 Å². The van der Waals surface area contributed by atoms with Crippen molar-refractivity contribution < 1.29 is 32.7 Å². The number of fused-ring (bicyclic) bond motifs is 2. The number of hydrogen-bond acceptors (Lipinski definition) is 9. The highest BCUT2D eigenvalue weighted by molar-refractivity contribution is 5.94. The molecule has 0 saturated heterocycles. The Kier molecular flexibility index (Phi) is 4.55. The predicted molar refractivity (Wildman–Crippen MR) is 106 cm³/mol. The molecule has 2 aromatic carbocycles. The molecule has 9 nitrogen and oxygen atoms in total. The van der Waals surface area contributed by atoms with E-state index in [-0.39, 0.29) is 24.5 Å². The van der Waals surface area contributed by atoms with E-state index < -0.39 is 11.6 Å². The smallest absolute Gasteiger partial charge is 0.351 e. The van der Waals surface area contributed by atoms with E-state index in [4.69, 9.17) is 27.9 Å². The molecule has 31 heavy (non-hydrogen) atoms. The number of esters is 1. The summed E-state index contributed by atoms with van der Waals surface area (Å²) < 4.78 is 31.6. The number of rotatable bonds is 5. The van der Waals surface area contributed by atoms with E-state index in [2.05, 4.69) is 5.16 Å². The van der Waals surface area contributed by atoms with Gasteiger partial charge >= 0.3 is 11.6 Å². The summed E-state index contributed by atoms with van der Waals surface area (Å²) in [5, 5.41) is 4.44. The first-order valence-corrected chi connectivity index (χ1v) is 9.26. The maximum Gasteiger partial charge on any atom is 0.351 e. The average Bonchev–Trinajstić information content (AvgIpc) is 3.45. The van der Waals surface area contributed by atoms with Crippen molar-refractivity contribution in [3.63, 3.8) is 0 Å². The van der Waals surface area contributed by atoms with Crippen LogP contribution < -0.4 is 19.8 Å². The summed E-state index contributed by atoms with van der Waals surface area (Å²) >= 11 is 0. The van der Waals surface area contributed by atoms with Crippen LogP contribution in [0.15, 0.2) is 62.3 Å². The van der Waals surface area contributed by atoms with Crippen LogP contribution in [0.5, 0.6) is 17.2 Å². The van der Waals surface area contributed by atoms with Crippen molar-refractivity contribution in [1.82, 2.24) is 5.16 Å². The molecular weight excluding hydrogens is 406 g/mol. The van der Waals surface area contributed by atoms with Crippen molar-refractivity contribution in [3.8, 4) is 28.6 Å². The summed E-state index contributed by atoms with van der Waals surface area (Å²) in [6, 6.07) is 13.5. The van der Waals surface area contributed by atoms with Gasteiger partial charge in [-0.2, -0.15) is 0 Å². The molecule has 0 atom stereocenters. The van der Waals surface area contributed by atoms with Crippen molar-refractivity contribution in [3.05, 3.63) is 70.2 Å². The molecule has 0 unspecified atom stereocenters. The Balaban J connectivity index is 1.32. The topological polar surface area (TPSA) is 110 Å². The molecule has 9 heteroatoms. The zero-order chi connectivity index (χ0) is 21.4. The monoisotopic (exact) mass is 421 g/mol. The third kappa shape index (κ3) is 3.46. The summed E-state index contributed by atoms with van der Waals surface area (Å²) in [7, 11) is 1.46. The lowest BCUT2D eigenvalue weighted by Gasteiger charge is -2.05. The van der Waals surface area contributed by atoms with Gasteiger partial charge in [-0.3, -0.25) is 0 Å². The number of hydrogen-bond donors (Lipinski definition) is 0. The second-order valence-corrected chi connectivity index (χ2v) is 6.65. The molecular formula is C22H15NO8. The largest absolute Gasteiger partial charge is 0.493 e. The fourth-order valence-corrected chi connectivity index (χ4v) is 3.20. The summed E-state index contributed by atoms with van der Waals surface area (Å²) in [5.41, 5.74) is 0.339. The van der Waals surface area contributed by atoms with Crippen LogP contribution in [0.1, 0.15) is 16.1 Å². The van der Waals surface area contributed by atoms with Gasteiger partial charge in [0.05, 0.1) is 7.11 Å². The lowest BCUT2D eigenvalue weighted by Crippen LogP contribution is -2.16. The second kappa shape index (κ2) is 7.52. The Hall–Kier alpha value is -4.27. The van der Waals surface area contributed by atoms with Gasteiger partial charge in [0.1, 0.15) is 17.9 Å². The van der Waals surface area contributed by atoms with Crippen molar-refractivity contribution in [2.75, 3.05) is 13.9 Å². The standard InChI is InChI=1S/C22H15NO8/c1-26-17-4-2-3-13-7-15(22(25)30-20(13)17)21(24)27-10-14-9-18(31-23-14)12-5-6-16-19(8-12)29-11-28-16/h2-9H,10-11H2,1H3. The van der Waals surface area contributed by atoms with Crippen LogP contribution in [0.4, 0.5) is 0 Å². The third-order valence-electron chi connectivity index (χ3n) is 4.73. The van der Waals surface area contributed by atoms with Crippen molar-refractivity contribution in [2.45, 2.75) is 6.61 Å². The molecule has 0 spiro atoms. The van der Waals surface area contributed by atoms with Gasteiger partial charge in [0.15, 0.2) is 28.6 Å². The molecule has 0 amide bonds. The number of carbonyl (C=O) groups excluding carboxylic acids is 1. The SMILES string of the molecule is COc1cccc2cc(C(=O)OCc3cc(-c4ccc5c(c4)OCO5)on3)c(=O)oc12. The van der Waals surface area contributed by atoms with Gasteiger partial charge < -0.3 is 27.9 Å². The number of aromatic nitrogens is 1. The van der Waals surface area contributed by atoms with Gasteiger partial charge in [0, 0.05) is 17.0 Å². The number of ether oxygens (including phenoxy) is 4. The van der Waals surface area contributed by atoms with E-state index in [1.807, 2.05) is 0 Å². The van der Waals surface area contributed by atoms with Gasteiger partial charge in [0.25, 0.3) is 0 Å². The lowest BCUT2D eigenvalue weighted by molar-refractivity contribution is 0.0459. The Labute approximate surface area is 174 Å². The molecule has 0 aliphatic carbocycles. The Bertz CT molecular complexity index is 1350. The van der Waals surface area contributed by atoms with Gasteiger partial charge in [-0.25, -0.2) is 9.59 Å². The highest BCUT2D eigenvalue weighted by atomic mass is 16.7. The van der Waals surface area contributed by atoms with E-state index in [1.54, 1.807) is 42.5 Å². The van der Waals surface area contributed by atoms with Gasteiger partial charge in [-0.15, -0.1) is 0 Å². The number of carbonyl (C=O) groups is 1. The second-order valence-electron chi connectivity index (χ2n) is 6.65. The van der Waals surface area contributed by atoms with E-state index in [0.29, 0.717) is 34.1 Å². The first-order valence-electron chi connectivity index (χ1n) is 9.26. The van der Waals surface area contributed by atoms with E-state index in [9.17, 15) is 9.59 Å². The van der Waals surface area contributed by atoms with Crippen LogP contribution in [-0.4, -0.2) is 25.0 Å². The minimum atomic E-state index is -0.828. The molecule has 3 heterocycles. The first-order chi connectivity index (χ1) is 15.1. The molecule has 0 bridgehead atoms. The van der Waals surface area contributed by atoms with Crippen LogP contribution in [0.3, 0.4) is 0 Å². The molecule has 5 rings (SSSR count). The molecule has 0 fully saturated rings. The lowest BCUT2D eigenvalue weighted by atomic mass is 10.1. The van der Waals surface area contributed by atoms with Crippen LogP contribution >= 0.6 is 0 Å². The van der Waals surface area contributed by atoms with Crippen molar-refractivity contribution in [2.24, 2.45) is 0 Å². The maximum atomic E-state index is 12.4. The van der Waals surface area contributed by atoms with E-state index in [0.717, 1.165) is 5.56 Å². The molecule has 1 aliphatic heterocycles. The number of methoxy groups -OCH3 is 1. The fraction of sp³-hybridized carbons (Fsp3) is 0.136. The predicted octanol–water partition coefficient (Wildman–Crippen LogP) is 3.54. The quantitative estimate of drug-likeness (QED) is 0.353.